The fraction of sp³-hybridized carbons (Fsp3) is 0.545. The van der Waals surface area contributed by atoms with Crippen LogP contribution in [0.1, 0.15) is 43.5 Å². The summed E-state index contributed by atoms with van der Waals surface area (Å²) in [7, 11) is 3.32. The molecule has 0 radical (unpaired) electrons. The summed E-state index contributed by atoms with van der Waals surface area (Å²) in [5.74, 6) is -0.445. The average Bonchev–Trinajstić information content (AvgIpc) is 2.73. The summed E-state index contributed by atoms with van der Waals surface area (Å²) < 4.78 is 5.07. The van der Waals surface area contributed by atoms with Crippen molar-refractivity contribution in [1.82, 2.24) is 15.5 Å². The predicted octanol–water partition coefficient (Wildman–Crippen LogP) is 2.67. The van der Waals surface area contributed by atoms with Crippen molar-refractivity contribution in [2.75, 3.05) is 26.5 Å². The topological polar surface area (TPSA) is 105 Å². The molecule has 31 heavy (non-hydrogen) atoms. The fourth-order valence-electron chi connectivity index (χ4n) is 3.39. The largest absolute Gasteiger partial charge is 0.452 e. The monoisotopic (exact) mass is 449 g/mol. The van der Waals surface area contributed by atoms with Crippen molar-refractivity contribution < 1.29 is 23.9 Å². The summed E-state index contributed by atoms with van der Waals surface area (Å²) in [6, 6.07) is 6.15. The third-order valence-electron chi connectivity index (χ3n) is 5.57. The minimum Gasteiger partial charge on any atom is -0.452 e. The van der Waals surface area contributed by atoms with Gasteiger partial charge in [0.2, 0.25) is 5.91 Å². The lowest BCUT2D eigenvalue weighted by Crippen LogP contribution is -2.49. The van der Waals surface area contributed by atoms with Gasteiger partial charge >= 0.3 is 12.0 Å². The molecule has 4 amide bonds. The molecule has 0 unspecified atom stereocenters. The van der Waals surface area contributed by atoms with Crippen molar-refractivity contribution in [1.29, 1.82) is 0 Å². The number of carbonyl (C=O) groups excluding carboxylic acids is 4. The zero-order valence-electron chi connectivity index (χ0n) is 18.5. The number of benzene rings is 1. The van der Waals surface area contributed by atoms with Crippen molar-refractivity contribution >= 4 is 35.6 Å². The molecule has 1 saturated carbocycles. The Bertz CT molecular complexity index is 814. The summed E-state index contributed by atoms with van der Waals surface area (Å²) in [5.41, 5.74) is 0.265. The number of carbonyl (C=O) groups is 4. The fourth-order valence-corrected chi connectivity index (χ4v) is 4.41. The third-order valence-corrected chi connectivity index (χ3v) is 6.63. The van der Waals surface area contributed by atoms with E-state index in [1.807, 2.05) is 0 Å². The molecule has 1 aliphatic rings. The van der Waals surface area contributed by atoms with Gasteiger partial charge in [0.25, 0.3) is 5.91 Å². The second-order valence-corrected chi connectivity index (χ2v) is 9.06. The molecule has 1 aliphatic carbocycles. The van der Waals surface area contributed by atoms with Crippen molar-refractivity contribution in [3.63, 3.8) is 0 Å². The van der Waals surface area contributed by atoms with Gasteiger partial charge in [0.1, 0.15) is 0 Å². The van der Waals surface area contributed by atoms with Crippen LogP contribution in [0.2, 0.25) is 0 Å². The highest BCUT2D eigenvalue weighted by Crippen LogP contribution is 2.29. The Morgan fingerprint density at radius 1 is 1.13 bits per heavy atom. The molecule has 0 saturated heterocycles. The van der Waals surface area contributed by atoms with E-state index in [1.165, 1.54) is 16.7 Å². The zero-order chi connectivity index (χ0) is 23.0. The van der Waals surface area contributed by atoms with Crippen LogP contribution in [0.5, 0.6) is 0 Å². The van der Waals surface area contributed by atoms with Crippen LogP contribution in [0.3, 0.4) is 0 Å². The van der Waals surface area contributed by atoms with Crippen molar-refractivity contribution in [3.8, 4) is 0 Å². The number of nitrogens with zero attached hydrogens (tertiary/aromatic N) is 1. The maximum Gasteiger partial charge on any atom is 0.339 e. The summed E-state index contributed by atoms with van der Waals surface area (Å²) in [6.45, 7) is 3.69. The SMILES string of the molecule is C[C@H]1[C@H](C)CCC[C@H]1NC(=O)NC(=O)COC(=O)c1ccccc1SCC(=O)N(C)C. The Morgan fingerprint density at radius 2 is 1.84 bits per heavy atom. The lowest BCUT2D eigenvalue weighted by molar-refractivity contribution is -0.126. The molecule has 2 rings (SSSR count). The Hall–Kier alpha value is -2.55. The first-order valence-corrected chi connectivity index (χ1v) is 11.4. The quantitative estimate of drug-likeness (QED) is 0.490. The number of thioether (sulfide) groups is 1. The standard InChI is InChI=1S/C22H31N3O5S/c1-14-8-7-10-17(15(14)2)23-22(29)24-19(26)12-30-21(28)16-9-5-6-11-18(16)31-13-20(27)25(3)4/h5-6,9,11,14-15,17H,7-8,10,12-13H2,1-4H3,(H2,23,24,26,29)/t14-,15+,17-/m1/s1. The number of hydrogen-bond acceptors (Lipinski definition) is 6. The van der Waals surface area contributed by atoms with Crippen molar-refractivity contribution in [3.05, 3.63) is 29.8 Å². The number of amides is 4. The first-order chi connectivity index (χ1) is 14.7. The van der Waals surface area contributed by atoms with Gasteiger partial charge in [0.05, 0.1) is 11.3 Å². The van der Waals surface area contributed by atoms with E-state index in [9.17, 15) is 19.2 Å². The lowest BCUT2D eigenvalue weighted by Gasteiger charge is -2.34. The molecule has 9 heteroatoms. The highest BCUT2D eigenvalue weighted by molar-refractivity contribution is 8.00. The second-order valence-electron chi connectivity index (χ2n) is 8.04. The van der Waals surface area contributed by atoms with Gasteiger partial charge in [-0.25, -0.2) is 9.59 Å². The highest BCUT2D eigenvalue weighted by atomic mass is 32.2. The number of ether oxygens (including phenoxy) is 1. The maximum absolute atomic E-state index is 12.4. The minimum atomic E-state index is -0.699. The molecule has 1 fully saturated rings. The number of hydrogen-bond donors (Lipinski definition) is 2. The van der Waals surface area contributed by atoms with Gasteiger partial charge in [-0.15, -0.1) is 11.8 Å². The molecule has 0 aromatic heterocycles. The summed E-state index contributed by atoms with van der Waals surface area (Å²) in [6.07, 6.45) is 3.06. The van der Waals surface area contributed by atoms with Gasteiger partial charge in [-0.2, -0.15) is 0 Å². The van der Waals surface area contributed by atoms with Crippen molar-refractivity contribution in [2.24, 2.45) is 11.8 Å². The van der Waals surface area contributed by atoms with E-state index in [1.54, 1.807) is 38.4 Å². The van der Waals surface area contributed by atoms with Crippen LogP contribution in [0.15, 0.2) is 29.2 Å². The Labute approximate surface area is 187 Å². The number of urea groups is 1. The number of rotatable bonds is 7. The van der Waals surface area contributed by atoms with E-state index >= 15 is 0 Å². The van der Waals surface area contributed by atoms with Crippen LogP contribution in [0.4, 0.5) is 4.79 Å². The average molecular weight is 450 g/mol. The van der Waals surface area contributed by atoms with Gasteiger partial charge in [0, 0.05) is 25.0 Å². The van der Waals surface area contributed by atoms with Crippen LogP contribution < -0.4 is 10.6 Å². The van der Waals surface area contributed by atoms with E-state index in [-0.39, 0.29) is 23.3 Å². The Morgan fingerprint density at radius 3 is 2.55 bits per heavy atom. The molecule has 0 bridgehead atoms. The van der Waals surface area contributed by atoms with E-state index in [0.29, 0.717) is 16.7 Å². The number of nitrogens with one attached hydrogen (secondary N) is 2. The highest BCUT2D eigenvalue weighted by Gasteiger charge is 2.28. The molecular formula is C22H31N3O5S. The molecule has 170 valence electrons. The first-order valence-electron chi connectivity index (χ1n) is 10.4. The van der Waals surface area contributed by atoms with Crippen LogP contribution in [0, 0.1) is 11.8 Å². The lowest BCUT2D eigenvalue weighted by atomic mass is 9.78. The third kappa shape index (κ3) is 7.57. The molecule has 1 aromatic rings. The molecule has 8 nitrogen and oxygen atoms in total. The zero-order valence-corrected chi connectivity index (χ0v) is 19.3. The van der Waals surface area contributed by atoms with Gasteiger partial charge < -0.3 is 15.0 Å². The summed E-state index contributed by atoms with van der Waals surface area (Å²) in [5, 5.41) is 5.06. The van der Waals surface area contributed by atoms with Crippen LogP contribution in [-0.2, 0) is 14.3 Å². The molecule has 3 atom stereocenters. The van der Waals surface area contributed by atoms with E-state index in [0.717, 1.165) is 19.3 Å². The second kappa shape index (κ2) is 11.7. The normalized spacial score (nSPS) is 20.5. The molecular weight excluding hydrogens is 418 g/mol. The van der Waals surface area contributed by atoms with Gasteiger partial charge in [-0.05, 0) is 30.4 Å². The van der Waals surface area contributed by atoms with E-state index in [2.05, 4.69) is 24.5 Å². The van der Waals surface area contributed by atoms with Crippen molar-refractivity contribution in [2.45, 2.75) is 44.0 Å². The Balaban J connectivity index is 1.83. The van der Waals surface area contributed by atoms with E-state index in [4.69, 9.17) is 4.74 Å². The summed E-state index contributed by atoms with van der Waals surface area (Å²) >= 11 is 1.22. The molecule has 0 aliphatic heterocycles. The van der Waals surface area contributed by atoms with Gasteiger partial charge in [-0.1, -0.05) is 38.8 Å². The number of esters is 1. The van der Waals surface area contributed by atoms with Gasteiger partial charge in [-0.3, -0.25) is 14.9 Å². The number of imide groups is 1. The predicted molar refractivity (Wildman–Crippen MR) is 119 cm³/mol. The summed E-state index contributed by atoms with van der Waals surface area (Å²) in [4.78, 5) is 50.4. The Kier molecular flexibility index (Phi) is 9.36. The van der Waals surface area contributed by atoms with Gasteiger partial charge in [0.15, 0.2) is 6.61 Å². The van der Waals surface area contributed by atoms with Crippen LogP contribution in [0.25, 0.3) is 0 Å². The molecule has 0 heterocycles. The molecule has 1 aromatic carbocycles. The van der Waals surface area contributed by atoms with Crippen LogP contribution >= 0.6 is 11.8 Å². The first kappa shape index (κ1) is 24.7. The maximum atomic E-state index is 12.4. The van der Waals surface area contributed by atoms with Crippen LogP contribution in [-0.4, -0.2) is 61.2 Å². The molecule has 2 N–H and O–H groups in total. The van der Waals surface area contributed by atoms with E-state index < -0.39 is 24.5 Å². The minimum absolute atomic E-state index is 0.0212. The molecule has 0 spiro atoms. The smallest absolute Gasteiger partial charge is 0.339 e.